The second kappa shape index (κ2) is 9.76. The molecule has 0 aliphatic heterocycles. The zero-order chi connectivity index (χ0) is 30.9. The molecule has 3 aliphatic carbocycles. The number of aromatic nitrogens is 3. The third-order valence-corrected chi connectivity index (χ3v) is 9.37. The first-order valence-electron chi connectivity index (χ1n) is 16.8. The Bertz CT molecular complexity index is 1820. The zero-order valence-electron chi connectivity index (χ0n) is 27.1. The van der Waals surface area contributed by atoms with E-state index in [1.54, 1.807) is 0 Å². The predicted octanol–water partition coefficient (Wildman–Crippen LogP) is 9.66. The standard InChI is InChI=1S/C38H35N3/c1-4-12-27(13-5-1)34-39-35(28-14-6-2-7-15-28)41-36(40-34)29-18-19-31-30-16-8-9-17-32(30)38(33(31)26-29)24-22-37(23-25-38)20-10-3-11-21-37/h1-2,4-9,12-19,26H,3,10-11,20-25H2/i24D2,25D2. The molecule has 3 aliphatic rings. The van der Waals surface area contributed by atoms with E-state index >= 15 is 0 Å². The van der Waals surface area contributed by atoms with Gasteiger partial charge in [-0.3, -0.25) is 0 Å². The summed E-state index contributed by atoms with van der Waals surface area (Å²) in [4.78, 5) is 14.7. The molecule has 0 N–H and O–H groups in total. The fraction of sp³-hybridized carbons (Fsp3) is 0.289. The smallest absolute Gasteiger partial charge is 0.164 e. The number of hydrogen-bond donors (Lipinski definition) is 0. The summed E-state index contributed by atoms with van der Waals surface area (Å²) in [5, 5.41) is 0. The van der Waals surface area contributed by atoms with Gasteiger partial charge in [-0.2, -0.15) is 0 Å². The van der Waals surface area contributed by atoms with E-state index in [4.69, 9.17) is 15.0 Å². The molecule has 41 heavy (non-hydrogen) atoms. The number of hydrogen-bond acceptors (Lipinski definition) is 3. The van der Waals surface area contributed by atoms with Crippen LogP contribution in [0.25, 0.3) is 45.3 Å². The maximum atomic E-state index is 9.80. The molecule has 0 radical (unpaired) electrons. The Balaban J connectivity index is 1.34. The quantitative estimate of drug-likeness (QED) is 0.230. The molecule has 3 nitrogen and oxygen atoms in total. The number of fused-ring (bicyclic) bond motifs is 5. The molecule has 0 atom stereocenters. The first kappa shape index (κ1) is 20.7. The molecule has 0 unspecified atom stereocenters. The highest BCUT2D eigenvalue weighted by molar-refractivity contribution is 5.83. The molecular weight excluding hydrogens is 498 g/mol. The highest BCUT2D eigenvalue weighted by atomic mass is 15.0. The van der Waals surface area contributed by atoms with Crippen molar-refractivity contribution in [1.82, 2.24) is 15.0 Å². The fourth-order valence-corrected chi connectivity index (χ4v) is 7.16. The van der Waals surface area contributed by atoms with E-state index in [9.17, 15) is 5.48 Å². The van der Waals surface area contributed by atoms with Crippen LogP contribution in [0.1, 0.15) is 74.3 Å². The Labute approximate surface area is 248 Å². The molecule has 2 saturated carbocycles. The van der Waals surface area contributed by atoms with E-state index in [2.05, 4.69) is 0 Å². The largest absolute Gasteiger partial charge is 0.208 e. The maximum absolute atomic E-state index is 9.80. The summed E-state index contributed by atoms with van der Waals surface area (Å²) in [6.07, 6.45) is 2.13. The average Bonchev–Trinajstić information content (AvgIpc) is 3.36. The van der Waals surface area contributed by atoms with Crippen LogP contribution in [0.3, 0.4) is 0 Å². The third kappa shape index (κ3) is 4.13. The molecule has 2 fully saturated rings. The lowest BCUT2D eigenvalue weighted by Crippen LogP contribution is -2.38. The van der Waals surface area contributed by atoms with E-state index < -0.39 is 18.2 Å². The van der Waals surface area contributed by atoms with Crippen LogP contribution in [0.15, 0.2) is 103 Å². The van der Waals surface area contributed by atoms with Crippen LogP contribution >= 0.6 is 0 Å². The molecule has 202 valence electrons. The summed E-state index contributed by atoms with van der Waals surface area (Å²) in [5.41, 5.74) is 3.97. The Hall–Kier alpha value is -4.11. The average molecular weight is 538 g/mol. The minimum atomic E-state index is -1.81. The Morgan fingerprint density at radius 2 is 1.02 bits per heavy atom. The zero-order valence-corrected chi connectivity index (χ0v) is 23.1. The van der Waals surface area contributed by atoms with Gasteiger partial charge >= 0.3 is 0 Å². The van der Waals surface area contributed by atoms with Gasteiger partial charge in [-0.1, -0.05) is 116 Å². The summed E-state index contributed by atoms with van der Waals surface area (Å²) >= 11 is 0. The first-order chi connectivity index (χ1) is 21.7. The highest BCUT2D eigenvalue weighted by Crippen LogP contribution is 2.61. The molecule has 1 aromatic heterocycles. The van der Waals surface area contributed by atoms with Crippen LogP contribution in [0, 0.1) is 5.41 Å². The third-order valence-electron chi connectivity index (χ3n) is 9.37. The second-order valence-corrected chi connectivity index (χ2v) is 11.9. The van der Waals surface area contributed by atoms with Crippen molar-refractivity contribution in [3.05, 3.63) is 114 Å². The Kier molecular flexibility index (Phi) is 4.93. The van der Waals surface area contributed by atoms with Crippen LogP contribution in [-0.2, 0) is 5.41 Å². The van der Waals surface area contributed by atoms with Crippen LogP contribution < -0.4 is 0 Å². The van der Waals surface area contributed by atoms with Gasteiger partial charge in [-0.05, 0) is 72.2 Å². The minimum absolute atomic E-state index is 0.310. The molecule has 4 aromatic carbocycles. The van der Waals surface area contributed by atoms with E-state index in [-0.39, 0.29) is 5.41 Å². The van der Waals surface area contributed by atoms with Crippen molar-refractivity contribution in [3.63, 3.8) is 0 Å². The van der Waals surface area contributed by atoms with Gasteiger partial charge in [0.1, 0.15) is 0 Å². The predicted molar refractivity (Wildman–Crippen MR) is 166 cm³/mol. The van der Waals surface area contributed by atoms with Crippen LogP contribution in [0.4, 0.5) is 0 Å². The van der Waals surface area contributed by atoms with Crippen molar-refractivity contribution in [2.75, 3.05) is 0 Å². The normalized spacial score (nSPS) is 22.1. The topological polar surface area (TPSA) is 38.7 Å². The summed E-state index contributed by atoms with van der Waals surface area (Å²) < 4.78 is 39.2. The SMILES string of the molecule is [2H]C1([2H])CC2(CCCCC2)CC([2H])([2H])C12c1ccccc1-c1ccc(-c3nc(-c4ccccc4)nc(-c4ccccc4)n3)cc12. The van der Waals surface area contributed by atoms with Gasteiger partial charge in [-0.15, -0.1) is 0 Å². The van der Waals surface area contributed by atoms with Gasteiger partial charge in [0.25, 0.3) is 0 Å². The van der Waals surface area contributed by atoms with Gasteiger partial charge in [-0.25, -0.2) is 15.0 Å². The van der Waals surface area contributed by atoms with Crippen LogP contribution in [0.5, 0.6) is 0 Å². The Morgan fingerprint density at radius 3 is 1.66 bits per heavy atom. The molecule has 2 spiro atoms. The van der Waals surface area contributed by atoms with Gasteiger partial charge in [0, 0.05) is 27.6 Å². The minimum Gasteiger partial charge on any atom is -0.208 e. The van der Waals surface area contributed by atoms with Crippen molar-refractivity contribution in [2.24, 2.45) is 5.41 Å². The van der Waals surface area contributed by atoms with E-state index in [0.717, 1.165) is 65.5 Å². The molecule has 0 saturated heterocycles. The van der Waals surface area contributed by atoms with Crippen molar-refractivity contribution in [2.45, 2.75) is 63.1 Å². The molecule has 0 amide bonds. The summed E-state index contributed by atoms with van der Waals surface area (Å²) in [7, 11) is 0. The monoisotopic (exact) mass is 537 g/mol. The first-order valence-corrected chi connectivity index (χ1v) is 14.8. The number of rotatable bonds is 3. The lowest BCUT2D eigenvalue weighted by atomic mass is 9.56. The molecule has 5 aromatic rings. The lowest BCUT2D eigenvalue weighted by molar-refractivity contribution is 0.0951. The highest BCUT2D eigenvalue weighted by Gasteiger charge is 2.49. The molecule has 1 heterocycles. The molecule has 3 heteroatoms. The van der Waals surface area contributed by atoms with E-state index in [1.807, 2.05) is 103 Å². The lowest BCUT2D eigenvalue weighted by Gasteiger charge is -2.48. The Morgan fingerprint density at radius 1 is 0.488 bits per heavy atom. The van der Waals surface area contributed by atoms with Gasteiger partial charge < -0.3 is 0 Å². The molecule has 8 rings (SSSR count). The number of nitrogens with zero attached hydrogens (tertiary/aromatic N) is 3. The summed E-state index contributed by atoms with van der Waals surface area (Å²) in [6, 6.07) is 33.5. The van der Waals surface area contributed by atoms with Crippen molar-refractivity contribution < 1.29 is 5.48 Å². The summed E-state index contributed by atoms with van der Waals surface area (Å²) in [6.45, 7) is 0. The van der Waals surface area contributed by atoms with Crippen LogP contribution in [-0.4, -0.2) is 15.0 Å². The van der Waals surface area contributed by atoms with E-state index in [0.29, 0.717) is 35.9 Å². The second-order valence-electron chi connectivity index (χ2n) is 11.9. The molecule has 0 bridgehead atoms. The summed E-state index contributed by atoms with van der Waals surface area (Å²) in [5.74, 6) is 1.60. The van der Waals surface area contributed by atoms with Gasteiger partial charge in [0.2, 0.25) is 0 Å². The van der Waals surface area contributed by atoms with Crippen LogP contribution in [0.2, 0.25) is 0 Å². The van der Waals surface area contributed by atoms with Crippen molar-refractivity contribution in [3.8, 4) is 45.3 Å². The van der Waals surface area contributed by atoms with Crippen molar-refractivity contribution >= 4 is 0 Å². The van der Waals surface area contributed by atoms with Crippen molar-refractivity contribution in [1.29, 1.82) is 0 Å². The number of benzene rings is 4. The maximum Gasteiger partial charge on any atom is 0.164 e. The van der Waals surface area contributed by atoms with E-state index in [1.165, 1.54) is 0 Å². The van der Waals surface area contributed by atoms with Gasteiger partial charge in [0.15, 0.2) is 17.5 Å². The van der Waals surface area contributed by atoms with Gasteiger partial charge in [0.05, 0.1) is 0 Å². The molecular formula is C38H35N3. The fourth-order valence-electron chi connectivity index (χ4n) is 7.16.